The molecule has 1 aliphatic rings. The van der Waals surface area contributed by atoms with Gasteiger partial charge in [-0.25, -0.2) is 9.48 Å². The molecule has 0 aliphatic carbocycles. The average Bonchev–Trinajstić information content (AvgIpc) is 3.13. The number of carbonyl (C=O) groups is 1. The van der Waals surface area contributed by atoms with Crippen LogP contribution in [0.15, 0.2) is 18.2 Å². The van der Waals surface area contributed by atoms with Gasteiger partial charge in [-0.05, 0) is 51.8 Å². The lowest BCUT2D eigenvalue weighted by Gasteiger charge is -2.28. The fourth-order valence-electron chi connectivity index (χ4n) is 2.96. The average molecular weight is 327 g/mol. The first-order chi connectivity index (χ1) is 11.4. The van der Waals surface area contributed by atoms with Crippen molar-refractivity contribution in [2.45, 2.75) is 51.8 Å². The molecule has 1 aromatic carbocycles. The van der Waals surface area contributed by atoms with E-state index in [9.17, 15) is 4.79 Å². The van der Waals surface area contributed by atoms with Crippen LogP contribution in [0.3, 0.4) is 0 Å². The predicted octanol–water partition coefficient (Wildman–Crippen LogP) is 2.70. The molecule has 7 heteroatoms. The Balaban J connectivity index is 1.78. The van der Waals surface area contributed by atoms with E-state index in [4.69, 9.17) is 10.00 Å². The fraction of sp³-hybridized carbons (Fsp3) is 0.529. The molecule has 1 amide bonds. The first-order valence-corrected chi connectivity index (χ1v) is 8.10. The van der Waals surface area contributed by atoms with Crippen molar-refractivity contribution in [1.29, 1.82) is 5.26 Å². The smallest absolute Gasteiger partial charge is 0.410 e. The minimum atomic E-state index is -0.502. The van der Waals surface area contributed by atoms with Crippen LogP contribution in [0.1, 0.15) is 39.2 Å². The van der Waals surface area contributed by atoms with Gasteiger partial charge in [-0.2, -0.15) is 5.26 Å². The number of benzene rings is 1. The van der Waals surface area contributed by atoms with Crippen LogP contribution in [0.2, 0.25) is 0 Å². The maximum atomic E-state index is 12.4. The number of hydrogen-bond acceptors (Lipinski definition) is 5. The third-order valence-corrected chi connectivity index (χ3v) is 4.03. The molecule has 0 bridgehead atoms. The molecule has 1 atom stereocenters. The molecule has 2 heterocycles. The molecule has 1 aliphatic heterocycles. The summed E-state index contributed by atoms with van der Waals surface area (Å²) in [6.45, 7) is 6.88. The lowest BCUT2D eigenvalue weighted by atomic mass is 10.2. The Morgan fingerprint density at radius 3 is 2.96 bits per heavy atom. The van der Waals surface area contributed by atoms with Crippen LogP contribution < -0.4 is 0 Å². The second kappa shape index (κ2) is 6.11. The summed E-state index contributed by atoms with van der Waals surface area (Å²) in [7, 11) is 0. The first kappa shape index (κ1) is 16.2. The Kier molecular flexibility index (Phi) is 4.14. The molecule has 0 N–H and O–H groups in total. The number of ether oxygens (including phenoxy) is 1. The summed E-state index contributed by atoms with van der Waals surface area (Å²) in [5.41, 5.74) is 1.62. The van der Waals surface area contributed by atoms with Crippen molar-refractivity contribution in [3.05, 3.63) is 23.8 Å². The number of hydrogen-bond donors (Lipinski definition) is 0. The largest absolute Gasteiger partial charge is 0.444 e. The van der Waals surface area contributed by atoms with Crippen molar-refractivity contribution in [2.75, 3.05) is 6.54 Å². The summed E-state index contributed by atoms with van der Waals surface area (Å²) in [6.07, 6.45) is 1.59. The minimum Gasteiger partial charge on any atom is -0.444 e. The van der Waals surface area contributed by atoms with E-state index in [1.807, 2.05) is 26.8 Å². The lowest BCUT2D eigenvalue weighted by molar-refractivity contribution is 0.0212. The third-order valence-electron chi connectivity index (χ3n) is 4.03. The Labute approximate surface area is 140 Å². The molecule has 2 aromatic rings. The zero-order valence-electron chi connectivity index (χ0n) is 14.2. The predicted molar refractivity (Wildman–Crippen MR) is 88.2 cm³/mol. The van der Waals surface area contributed by atoms with Gasteiger partial charge in [0.15, 0.2) is 0 Å². The van der Waals surface area contributed by atoms with Crippen molar-refractivity contribution in [1.82, 2.24) is 19.9 Å². The van der Waals surface area contributed by atoms with E-state index in [1.165, 1.54) is 0 Å². The highest BCUT2D eigenvalue weighted by Gasteiger charge is 2.32. The Hall–Kier alpha value is -2.62. The van der Waals surface area contributed by atoms with Crippen LogP contribution in [-0.2, 0) is 11.3 Å². The standard InChI is InChI=1S/C17H21N5O2/c1-17(2,3)24-16(23)21-8-4-5-13(21)11-22-15-7-6-12(10-18)9-14(15)19-20-22/h6-7,9,13H,4-5,8,11H2,1-3H3. The normalized spacial score (nSPS) is 17.9. The number of carbonyl (C=O) groups excluding carboxylic acids is 1. The molecule has 0 radical (unpaired) electrons. The SMILES string of the molecule is CC(C)(C)OC(=O)N1CCCC1Cn1nnc2cc(C#N)ccc21. The molecule has 1 unspecified atom stereocenters. The molecule has 126 valence electrons. The van der Waals surface area contributed by atoms with Crippen LogP contribution in [0.5, 0.6) is 0 Å². The van der Waals surface area contributed by atoms with Crippen molar-refractivity contribution >= 4 is 17.1 Å². The lowest BCUT2D eigenvalue weighted by Crippen LogP contribution is -2.41. The van der Waals surface area contributed by atoms with Gasteiger partial charge < -0.3 is 9.64 Å². The molecule has 3 rings (SSSR count). The zero-order valence-corrected chi connectivity index (χ0v) is 14.2. The van der Waals surface area contributed by atoms with Gasteiger partial charge in [0.2, 0.25) is 0 Å². The molecule has 7 nitrogen and oxygen atoms in total. The van der Waals surface area contributed by atoms with Gasteiger partial charge in [-0.15, -0.1) is 5.10 Å². The van der Waals surface area contributed by atoms with Crippen LogP contribution >= 0.6 is 0 Å². The van der Waals surface area contributed by atoms with Crippen molar-refractivity contribution in [3.63, 3.8) is 0 Å². The maximum Gasteiger partial charge on any atom is 0.410 e. The number of amides is 1. The zero-order chi connectivity index (χ0) is 17.3. The van der Waals surface area contributed by atoms with E-state index >= 15 is 0 Å². The number of likely N-dealkylation sites (tertiary alicyclic amines) is 1. The summed E-state index contributed by atoms with van der Waals surface area (Å²) >= 11 is 0. The van der Waals surface area contributed by atoms with E-state index in [1.54, 1.807) is 21.7 Å². The Morgan fingerprint density at radius 1 is 1.46 bits per heavy atom. The van der Waals surface area contributed by atoms with Gasteiger partial charge in [0.25, 0.3) is 0 Å². The summed E-state index contributed by atoms with van der Waals surface area (Å²) in [5, 5.41) is 17.3. The van der Waals surface area contributed by atoms with Crippen LogP contribution in [0.4, 0.5) is 4.79 Å². The summed E-state index contributed by atoms with van der Waals surface area (Å²) in [4.78, 5) is 14.1. The van der Waals surface area contributed by atoms with Gasteiger partial charge in [0.05, 0.1) is 29.7 Å². The van der Waals surface area contributed by atoms with Crippen molar-refractivity contribution in [2.24, 2.45) is 0 Å². The molecule has 0 saturated carbocycles. The highest BCUT2D eigenvalue weighted by atomic mass is 16.6. The van der Waals surface area contributed by atoms with Crippen LogP contribution in [0.25, 0.3) is 11.0 Å². The molecule has 1 aromatic heterocycles. The highest BCUT2D eigenvalue weighted by Crippen LogP contribution is 2.23. The van der Waals surface area contributed by atoms with E-state index in [0.29, 0.717) is 24.2 Å². The molecule has 0 spiro atoms. The molecular weight excluding hydrogens is 306 g/mol. The van der Waals surface area contributed by atoms with Gasteiger partial charge >= 0.3 is 6.09 Å². The molecule has 1 saturated heterocycles. The molecule has 1 fully saturated rings. The Bertz CT molecular complexity index is 799. The molecular formula is C17H21N5O2. The topological polar surface area (TPSA) is 84.0 Å². The second-order valence-corrected chi connectivity index (χ2v) is 7.06. The van der Waals surface area contributed by atoms with Crippen molar-refractivity contribution in [3.8, 4) is 6.07 Å². The van der Waals surface area contributed by atoms with Gasteiger partial charge in [0, 0.05) is 6.54 Å². The highest BCUT2D eigenvalue weighted by molar-refractivity contribution is 5.76. The van der Waals surface area contributed by atoms with Gasteiger partial charge in [0.1, 0.15) is 11.1 Å². The second-order valence-electron chi connectivity index (χ2n) is 7.06. The maximum absolute atomic E-state index is 12.4. The fourth-order valence-corrected chi connectivity index (χ4v) is 2.96. The number of nitrogens with zero attached hydrogens (tertiary/aromatic N) is 5. The van der Waals surface area contributed by atoms with Gasteiger partial charge in [-0.1, -0.05) is 5.21 Å². The van der Waals surface area contributed by atoms with E-state index < -0.39 is 5.60 Å². The summed E-state index contributed by atoms with van der Waals surface area (Å²) in [5.74, 6) is 0. The minimum absolute atomic E-state index is 0.0420. The molecule has 24 heavy (non-hydrogen) atoms. The summed E-state index contributed by atoms with van der Waals surface area (Å²) in [6, 6.07) is 7.46. The van der Waals surface area contributed by atoms with Gasteiger partial charge in [-0.3, -0.25) is 0 Å². The number of fused-ring (bicyclic) bond motifs is 1. The van der Waals surface area contributed by atoms with E-state index in [-0.39, 0.29) is 12.1 Å². The van der Waals surface area contributed by atoms with Crippen molar-refractivity contribution < 1.29 is 9.53 Å². The van der Waals surface area contributed by atoms with Crippen LogP contribution in [-0.4, -0.2) is 44.2 Å². The number of rotatable bonds is 2. The quantitative estimate of drug-likeness (QED) is 0.846. The monoisotopic (exact) mass is 327 g/mol. The number of aromatic nitrogens is 3. The third kappa shape index (κ3) is 3.32. The van der Waals surface area contributed by atoms with E-state index in [2.05, 4.69) is 16.4 Å². The number of nitriles is 1. The van der Waals surface area contributed by atoms with Crippen LogP contribution in [0, 0.1) is 11.3 Å². The van der Waals surface area contributed by atoms with E-state index in [0.717, 1.165) is 18.4 Å². The first-order valence-electron chi connectivity index (χ1n) is 8.10. The summed E-state index contributed by atoms with van der Waals surface area (Å²) < 4.78 is 7.29. The Morgan fingerprint density at radius 2 is 2.25 bits per heavy atom.